The molecule has 0 aliphatic carbocycles. The first-order valence-corrected chi connectivity index (χ1v) is 7.69. The van der Waals surface area contributed by atoms with Crippen molar-refractivity contribution in [3.05, 3.63) is 59.1 Å². The van der Waals surface area contributed by atoms with Crippen LogP contribution in [0.15, 0.2) is 48.5 Å². The summed E-state index contributed by atoms with van der Waals surface area (Å²) in [6.07, 6.45) is 0.224. The van der Waals surface area contributed by atoms with Crippen molar-refractivity contribution in [1.29, 1.82) is 0 Å². The second-order valence-electron chi connectivity index (χ2n) is 4.76. The van der Waals surface area contributed by atoms with E-state index < -0.39 is 0 Å². The maximum Gasteiger partial charge on any atom is 0.310 e. The van der Waals surface area contributed by atoms with Gasteiger partial charge in [0.25, 0.3) is 0 Å². The van der Waals surface area contributed by atoms with Gasteiger partial charge in [-0.1, -0.05) is 24.3 Å². The van der Waals surface area contributed by atoms with Crippen LogP contribution in [-0.4, -0.2) is 18.1 Å². The Labute approximate surface area is 132 Å². The van der Waals surface area contributed by atoms with E-state index in [0.717, 1.165) is 26.5 Å². The van der Waals surface area contributed by atoms with Crippen LogP contribution in [0.3, 0.4) is 0 Å². The van der Waals surface area contributed by atoms with Gasteiger partial charge >= 0.3 is 5.97 Å². The van der Waals surface area contributed by atoms with Crippen LogP contribution in [0, 0.1) is 0 Å². The van der Waals surface area contributed by atoms with Crippen molar-refractivity contribution in [3.63, 3.8) is 0 Å². The van der Waals surface area contributed by atoms with Gasteiger partial charge in [-0.15, -0.1) is 11.3 Å². The highest BCUT2D eigenvalue weighted by molar-refractivity contribution is 7.18. The zero-order chi connectivity index (χ0) is 15.4. The van der Waals surface area contributed by atoms with E-state index in [0.29, 0.717) is 0 Å². The third-order valence-electron chi connectivity index (χ3n) is 3.18. The first-order valence-electron chi connectivity index (χ1n) is 6.87. The number of para-hydroxylation sites is 1. The summed E-state index contributed by atoms with van der Waals surface area (Å²) in [6, 6.07) is 15.3. The molecule has 1 aromatic heterocycles. The summed E-state index contributed by atoms with van der Waals surface area (Å²) in [5.74, 6) is 0.462. The molecule has 2 aromatic carbocycles. The largest absolute Gasteiger partial charge is 0.497 e. The van der Waals surface area contributed by atoms with Crippen LogP contribution >= 0.6 is 11.3 Å². The van der Waals surface area contributed by atoms with E-state index in [1.807, 2.05) is 48.5 Å². The fourth-order valence-electron chi connectivity index (χ4n) is 2.12. The topological polar surface area (TPSA) is 48.4 Å². The van der Waals surface area contributed by atoms with E-state index in [1.54, 1.807) is 18.4 Å². The second-order valence-corrected chi connectivity index (χ2v) is 5.88. The van der Waals surface area contributed by atoms with Crippen molar-refractivity contribution in [2.75, 3.05) is 7.11 Å². The molecule has 0 radical (unpaired) electrons. The quantitative estimate of drug-likeness (QED) is 0.675. The van der Waals surface area contributed by atoms with E-state index in [1.165, 1.54) is 0 Å². The van der Waals surface area contributed by atoms with Crippen molar-refractivity contribution in [1.82, 2.24) is 4.98 Å². The lowest BCUT2D eigenvalue weighted by molar-refractivity contribution is -0.144. The maximum atomic E-state index is 11.9. The molecule has 0 spiro atoms. The minimum absolute atomic E-state index is 0.210. The molecule has 0 aliphatic rings. The molecule has 22 heavy (non-hydrogen) atoms. The van der Waals surface area contributed by atoms with Gasteiger partial charge in [0.05, 0.1) is 23.7 Å². The fraction of sp³-hybridized carbons (Fsp3) is 0.176. The number of rotatable bonds is 5. The van der Waals surface area contributed by atoms with Gasteiger partial charge in [0.2, 0.25) is 0 Å². The molecule has 3 rings (SSSR count). The van der Waals surface area contributed by atoms with Crippen LogP contribution in [0.4, 0.5) is 0 Å². The molecule has 0 N–H and O–H groups in total. The number of hydrogen-bond donors (Lipinski definition) is 0. The first kappa shape index (κ1) is 14.5. The molecule has 1 heterocycles. The van der Waals surface area contributed by atoms with E-state index in [-0.39, 0.29) is 19.0 Å². The molecule has 4 nitrogen and oxygen atoms in total. The van der Waals surface area contributed by atoms with Crippen LogP contribution in [0.25, 0.3) is 10.2 Å². The first-order chi connectivity index (χ1) is 10.7. The number of fused-ring (bicyclic) bond motifs is 1. The molecule has 0 saturated carbocycles. The molecule has 0 aliphatic heterocycles. The van der Waals surface area contributed by atoms with E-state index in [4.69, 9.17) is 9.47 Å². The standard InChI is InChI=1S/C17H15NO3S/c1-20-13-6-4-5-12(9-13)10-17(19)21-11-16-18-14-7-2-3-8-15(14)22-16/h2-9H,10-11H2,1H3. The molecule has 0 bridgehead atoms. The van der Waals surface area contributed by atoms with Crippen LogP contribution in [0.1, 0.15) is 10.6 Å². The average Bonchev–Trinajstić information content (AvgIpc) is 2.96. The van der Waals surface area contributed by atoms with Gasteiger partial charge < -0.3 is 9.47 Å². The monoisotopic (exact) mass is 313 g/mol. The number of methoxy groups -OCH3 is 1. The summed E-state index contributed by atoms with van der Waals surface area (Å²) in [5, 5.41) is 0.806. The van der Waals surface area contributed by atoms with Gasteiger partial charge in [-0.05, 0) is 29.8 Å². The minimum atomic E-state index is -0.271. The van der Waals surface area contributed by atoms with Crippen molar-refractivity contribution >= 4 is 27.5 Å². The van der Waals surface area contributed by atoms with Gasteiger partial charge in [-0.2, -0.15) is 0 Å². The number of thiazole rings is 1. The summed E-state index contributed by atoms with van der Waals surface area (Å²) < 4.78 is 11.5. The molecule has 0 amide bonds. The molecule has 0 fully saturated rings. The zero-order valence-corrected chi connectivity index (χ0v) is 12.9. The van der Waals surface area contributed by atoms with Crippen molar-refractivity contribution < 1.29 is 14.3 Å². The smallest absolute Gasteiger partial charge is 0.310 e. The van der Waals surface area contributed by atoms with E-state index in [9.17, 15) is 4.79 Å². The van der Waals surface area contributed by atoms with Crippen molar-refractivity contribution in [2.24, 2.45) is 0 Å². The Hall–Kier alpha value is -2.40. The van der Waals surface area contributed by atoms with E-state index >= 15 is 0 Å². The minimum Gasteiger partial charge on any atom is -0.497 e. The third kappa shape index (κ3) is 3.43. The third-order valence-corrected chi connectivity index (χ3v) is 4.19. The van der Waals surface area contributed by atoms with Crippen molar-refractivity contribution in [3.8, 4) is 5.75 Å². The van der Waals surface area contributed by atoms with Crippen LogP contribution < -0.4 is 4.74 Å². The van der Waals surface area contributed by atoms with Gasteiger partial charge in [0, 0.05) is 0 Å². The maximum absolute atomic E-state index is 11.9. The molecule has 0 saturated heterocycles. The highest BCUT2D eigenvalue weighted by atomic mass is 32.1. The van der Waals surface area contributed by atoms with Gasteiger partial charge in [-0.25, -0.2) is 4.98 Å². The Balaban J connectivity index is 1.59. The Kier molecular flexibility index (Phi) is 4.34. The summed E-state index contributed by atoms with van der Waals surface area (Å²) >= 11 is 1.54. The Morgan fingerprint density at radius 1 is 1.18 bits per heavy atom. The van der Waals surface area contributed by atoms with Gasteiger partial charge in [0.1, 0.15) is 17.4 Å². The number of ether oxygens (including phenoxy) is 2. The number of benzene rings is 2. The summed E-state index contributed by atoms with van der Waals surface area (Å²) in [6.45, 7) is 0.210. The number of carbonyl (C=O) groups excluding carboxylic acids is 1. The number of hydrogen-bond acceptors (Lipinski definition) is 5. The lowest BCUT2D eigenvalue weighted by atomic mass is 10.1. The van der Waals surface area contributed by atoms with Gasteiger partial charge in [0.15, 0.2) is 0 Å². The molecular weight excluding hydrogens is 298 g/mol. The SMILES string of the molecule is COc1cccc(CC(=O)OCc2nc3ccccc3s2)c1. The van der Waals surface area contributed by atoms with Crippen LogP contribution in [0.5, 0.6) is 5.75 Å². The molecule has 5 heteroatoms. The number of nitrogens with zero attached hydrogens (tertiary/aromatic N) is 1. The number of esters is 1. The molecular formula is C17H15NO3S. The lowest BCUT2D eigenvalue weighted by Crippen LogP contribution is -2.07. The predicted molar refractivity (Wildman–Crippen MR) is 86.1 cm³/mol. The van der Waals surface area contributed by atoms with Crippen LogP contribution in [-0.2, 0) is 22.6 Å². The number of carbonyl (C=O) groups is 1. The summed E-state index contributed by atoms with van der Waals surface area (Å²) in [7, 11) is 1.60. The Bertz CT molecular complexity index is 764. The van der Waals surface area contributed by atoms with E-state index in [2.05, 4.69) is 4.98 Å². The average molecular weight is 313 g/mol. The molecule has 3 aromatic rings. The predicted octanol–water partition coefficient (Wildman–Crippen LogP) is 3.59. The summed E-state index contributed by atoms with van der Waals surface area (Å²) in [5.41, 5.74) is 1.81. The normalized spacial score (nSPS) is 10.6. The highest BCUT2D eigenvalue weighted by Gasteiger charge is 2.09. The van der Waals surface area contributed by atoms with Gasteiger partial charge in [-0.3, -0.25) is 4.79 Å². The molecule has 112 valence electrons. The second kappa shape index (κ2) is 6.58. The fourth-order valence-corrected chi connectivity index (χ4v) is 3.00. The number of aromatic nitrogens is 1. The Morgan fingerprint density at radius 2 is 2.05 bits per heavy atom. The van der Waals surface area contributed by atoms with Crippen molar-refractivity contribution in [2.45, 2.75) is 13.0 Å². The zero-order valence-electron chi connectivity index (χ0n) is 12.1. The highest BCUT2D eigenvalue weighted by Crippen LogP contribution is 2.22. The molecule has 0 atom stereocenters. The van der Waals surface area contributed by atoms with Crippen LogP contribution in [0.2, 0.25) is 0 Å². The Morgan fingerprint density at radius 3 is 2.86 bits per heavy atom. The molecule has 0 unspecified atom stereocenters. The summed E-state index contributed by atoms with van der Waals surface area (Å²) in [4.78, 5) is 16.4. The lowest BCUT2D eigenvalue weighted by Gasteiger charge is -2.05.